The average molecular weight is 524 g/mol. The molecule has 1 aromatic carbocycles. The third kappa shape index (κ3) is 5.22. The van der Waals surface area contributed by atoms with Crippen LogP contribution in [0.1, 0.15) is 30.5 Å². The number of rotatable bonds is 6. The minimum Gasteiger partial charge on any atom is -0.459 e. The third-order valence-electron chi connectivity index (χ3n) is 4.99. The highest BCUT2D eigenvalue weighted by atomic mass is 79.9. The summed E-state index contributed by atoms with van der Waals surface area (Å²) >= 11 is 4.78. The zero-order chi connectivity index (χ0) is 22.7. The molecular weight excluding hydrogens is 501 g/mol. The maximum absolute atomic E-state index is 13.8. The molecule has 2 aromatic rings. The van der Waals surface area contributed by atoms with Gasteiger partial charge in [-0.15, -0.1) is 10.2 Å². The van der Waals surface area contributed by atoms with E-state index in [1.807, 2.05) is 0 Å². The van der Waals surface area contributed by atoms with Gasteiger partial charge in [0, 0.05) is 29.8 Å². The average Bonchev–Trinajstić information content (AvgIpc) is 3.28. The van der Waals surface area contributed by atoms with Gasteiger partial charge in [0.05, 0.1) is 24.9 Å². The predicted molar refractivity (Wildman–Crippen MR) is 122 cm³/mol. The Kier molecular flexibility index (Phi) is 7.29. The molecule has 32 heavy (non-hydrogen) atoms. The van der Waals surface area contributed by atoms with E-state index in [4.69, 9.17) is 14.5 Å². The lowest BCUT2D eigenvalue weighted by atomic mass is 9.95. The summed E-state index contributed by atoms with van der Waals surface area (Å²) in [5.74, 6) is -0.332. The molecule has 1 atom stereocenters. The van der Waals surface area contributed by atoms with Crippen molar-refractivity contribution in [1.29, 1.82) is 0 Å². The van der Waals surface area contributed by atoms with Crippen LogP contribution in [0.25, 0.3) is 0 Å². The topological polar surface area (TPSA) is 88.9 Å². The molecule has 1 N–H and O–H groups in total. The van der Waals surface area contributed by atoms with Gasteiger partial charge in [-0.3, -0.25) is 9.89 Å². The number of ether oxygens (including phenoxy) is 2. The summed E-state index contributed by atoms with van der Waals surface area (Å²) in [5.41, 5.74) is 3.35. The van der Waals surface area contributed by atoms with Crippen LogP contribution in [0.4, 0.5) is 4.39 Å². The Morgan fingerprint density at radius 2 is 2.19 bits per heavy atom. The molecule has 2 aliphatic rings. The number of hydrogen-bond acceptors (Lipinski definition) is 9. The number of halogens is 2. The van der Waals surface area contributed by atoms with Crippen LogP contribution in [0.15, 0.2) is 44.4 Å². The first-order valence-corrected chi connectivity index (χ1v) is 11.9. The minimum absolute atomic E-state index is 0.300. The molecular formula is C21H23BrFN5O3S. The largest absolute Gasteiger partial charge is 0.459 e. The number of aromatic nitrogens is 2. The van der Waals surface area contributed by atoms with Crippen LogP contribution in [-0.2, 0) is 14.3 Å². The lowest BCUT2D eigenvalue weighted by Gasteiger charge is -2.32. The Hall–Kier alpha value is -2.21. The zero-order valence-corrected chi connectivity index (χ0v) is 20.1. The third-order valence-corrected chi connectivity index (χ3v) is 6.38. The predicted octanol–water partition coefficient (Wildman–Crippen LogP) is 3.07. The SMILES string of the molecule is CC(C)OC(=O)C1=C(CN2CCOCC2)NC(c2nncs2)=NC1c1ccc(F)cc1Br. The van der Waals surface area contributed by atoms with Crippen molar-refractivity contribution < 1.29 is 18.7 Å². The number of hydrogen-bond donors (Lipinski definition) is 1. The van der Waals surface area contributed by atoms with Gasteiger partial charge in [0.2, 0.25) is 0 Å². The summed E-state index contributed by atoms with van der Waals surface area (Å²) in [5, 5.41) is 12.0. The highest BCUT2D eigenvalue weighted by Crippen LogP contribution is 2.37. The molecule has 1 unspecified atom stereocenters. The molecule has 0 bridgehead atoms. The van der Waals surface area contributed by atoms with E-state index in [-0.39, 0.29) is 11.9 Å². The van der Waals surface area contributed by atoms with Crippen molar-refractivity contribution in [3.8, 4) is 0 Å². The van der Waals surface area contributed by atoms with Gasteiger partial charge in [0.25, 0.3) is 0 Å². The molecule has 170 valence electrons. The molecule has 1 fully saturated rings. The van der Waals surface area contributed by atoms with Crippen LogP contribution in [0.5, 0.6) is 0 Å². The van der Waals surface area contributed by atoms with Crippen molar-refractivity contribution in [2.45, 2.75) is 26.0 Å². The van der Waals surface area contributed by atoms with Crippen molar-refractivity contribution in [2.24, 2.45) is 4.99 Å². The van der Waals surface area contributed by atoms with Crippen LogP contribution < -0.4 is 5.32 Å². The first-order chi connectivity index (χ1) is 15.4. The van der Waals surface area contributed by atoms with Gasteiger partial charge < -0.3 is 14.8 Å². The number of carbonyl (C=O) groups is 1. The zero-order valence-electron chi connectivity index (χ0n) is 17.7. The highest BCUT2D eigenvalue weighted by molar-refractivity contribution is 9.10. The molecule has 0 radical (unpaired) electrons. The lowest BCUT2D eigenvalue weighted by Crippen LogP contribution is -2.43. The molecule has 1 aromatic heterocycles. The van der Waals surface area contributed by atoms with E-state index in [0.29, 0.717) is 51.9 Å². The van der Waals surface area contributed by atoms with Crippen molar-refractivity contribution in [2.75, 3.05) is 32.8 Å². The fourth-order valence-electron chi connectivity index (χ4n) is 3.55. The van der Waals surface area contributed by atoms with Crippen molar-refractivity contribution in [3.05, 3.63) is 55.8 Å². The van der Waals surface area contributed by atoms with E-state index in [0.717, 1.165) is 13.1 Å². The molecule has 8 nitrogen and oxygen atoms in total. The summed E-state index contributed by atoms with van der Waals surface area (Å²) in [4.78, 5) is 20.3. The van der Waals surface area contributed by atoms with E-state index in [9.17, 15) is 9.18 Å². The van der Waals surface area contributed by atoms with Gasteiger partial charge >= 0.3 is 5.97 Å². The Morgan fingerprint density at radius 1 is 1.41 bits per heavy atom. The maximum Gasteiger partial charge on any atom is 0.338 e. The Morgan fingerprint density at radius 3 is 2.84 bits per heavy atom. The maximum atomic E-state index is 13.8. The molecule has 3 heterocycles. The lowest BCUT2D eigenvalue weighted by molar-refractivity contribution is -0.143. The number of nitrogens with one attached hydrogen (secondary N) is 1. The number of carbonyl (C=O) groups excluding carboxylic acids is 1. The number of morpholine rings is 1. The van der Waals surface area contributed by atoms with E-state index < -0.39 is 12.0 Å². The van der Waals surface area contributed by atoms with Crippen LogP contribution in [0.3, 0.4) is 0 Å². The molecule has 11 heteroatoms. The van der Waals surface area contributed by atoms with Crippen molar-refractivity contribution in [1.82, 2.24) is 20.4 Å². The monoisotopic (exact) mass is 523 g/mol. The number of esters is 1. The highest BCUT2D eigenvalue weighted by Gasteiger charge is 2.35. The summed E-state index contributed by atoms with van der Waals surface area (Å²) in [6, 6.07) is 3.65. The van der Waals surface area contributed by atoms with Gasteiger partial charge in [-0.05, 0) is 31.5 Å². The second kappa shape index (κ2) is 10.2. The second-order valence-electron chi connectivity index (χ2n) is 7.65. The molecule has 0 saturated carbocycles. The number of benzene rings is 1. The van der Waals surface area contributed by atoms with Crippen molar-refractivity contribution in [3.63, 3.8) is 0 Å². The normalized spacial score (nSPS) is 19.7. The summed E-state index contributed by atoms with van der Waals surface area (Å²) in [6.45, 7) is 6.83. The quantitative estimate of drug-likeness (QED) is 0.582. The Balaban J connectivity index is 1.82. The van der Waals surface area contributed by atoms with Gasteiger partial charge in [-0.2, -0.15) is 0 Å². The van der Waals surface area contributed by atoms with Crippen LogP contribution in [0.2, 0.25) is 0 Å². The van der Waals surface area contributed by atoms with Gasteiger partial charge in [-0.1, -0.05) is 33.3 Å². The van der Waals surface area contributed by atoms with Crippen molar-refractivity contribution >= 4 is 39.1 Å². The van der Waals surface area contributed by atoms with E-state index >= 15 is 0 Å². The van der Waals surface area contributed by atoms with E-state index in [1.54, 1.807) is 25.4 Å². The number of nitrogens with zero attached hydrogens (tertiary/aromatic N) is 4. The summed E-state index contributed by atoms with van der Waals surface area (Å²) in [6.07, 6.45) is -0.300. The molecule has 0 spiro atoms. The van der Waals surface area contributed by atoms with Gasteiger partial charge in [0.15, 0.2) is 10.8 Å². The number of amidine groups is 1. The fourth-order valence-corrected chi connectivity index (χ4v) is 4.63. The molecule has 0 amide bonds. The smallest absolute Gasteiger partial charge is 0.338 e. The molecule has 2 aliphatic heterocycles. The molecule has 0 aliphatic carbocycles. The Labute approximate surface area is 197 Å². The van der Waals surface area contributed by atoms with Crippen LogP contribution >= 0.6 is 27.3 Å². The van der Waals surface area contributed by atoms with Crippen LogP contribution in [-0.4, -0.2) is 65.9 Å². The first kappa shape index (κ1) is 23.0. The van der Waals surface area contributed by atoms with Crippen LogP contribution in [0, 0.1) is 5.82 Å². The standard InChI is InChI=1S/C21H23BrFN5O3S/c1-12(2)31-21(29)17-16(10-28-5-7-30-8-6-28)25-19(20-27-24-11-32-20)26-18(17)14-4-3-13(23)9-15(14)22/h3-4,9,11-12,18H,5-8,10H2,1-2H3,(H,25,26). The first-order valence-electron chi connectivity index (χ1n) is 10.2. The fraction of sp³-hybridized carbons (Fsp3) is 0.429. The summed E-state index contributed by atoms with van der Waals surface area (Å²) < 4.78 is 25.4. The van der Waals surface area contributed by atoms with E-state index in [2.05, 4.69) is 36.3 Å². The summed E-state index contributed by atoms with van der Waals surface area (Å²) in [7, 11) is 0. The Bertz CT molecular complexity index is 1040. The molecule has 4 rings (SSSR count). The molecule has 1 saturated heterocycles. The second-order valence-corrected chi connectivity index (χ2v) is 9.34. The van der Waals surface area contributed by atoms with E-state index in [1.165, 1.54) is 23.5 Å². The minimum atomic E-state index is -0.701. The number of aliphatic imine (C=N–C) groups is 1. The van der Waals surface area contributed by atoms with Gasteiger partial charge in [-0.25, -0.2) is 9.18 Å². The van der Waals surface area contributed by atoms with Gasteiger partial charge in [0.1, 0.15) is 17.4 Å².